The molecule has 0 aromatic carbocycles. The van der Waals surface area contributed by atoms with Crippen molar-refractivity contribution in [2.45, 2.75) is 12.8 Å². The quantitative estimate of drug-likeness (QED) is 0.609. The van der Waals surface area contributed by atoms with Gasteiger partial charge in [-0.25, -0.2) is 0 Å². The SMILES string of the molecule is O=C([O-])CCCN1C(=O)/C(=C\c2ccsc2)SC1=S. The third kappa shape index (κ3) is 3.65. The number of hydrogen-bond donors (Lipinski definition) is 0. The van der Waals surface area contributed by atoms with Crippen LogP contribution in [0.4, 0.5) is 0 Å². The first-order chi connectivity index (χ1) is 9.08. The van der Waals surface area contributed by atoms with Gasteiger partial charge in [0.1, 0.15) is 4.32 Å². The Balaban J connectivity index is 2.02. The Morgan fingerprint density at radius 2 is 2.32 bits per heavy atom. The van der Waals surface area contributed by atoms with Gasteiger partial charge in [0.15, 0.2) is 0 Å². The van der Waals surface area contributed by atoms with Crippen LogP contribution in [-0.4, -0.2) is 27.6 Å². The van der Waals surface area contributed by atoms with Crippen molar-refractivity contribution in [1.29, 1.82) is 0 Å². The third-order valence-corrected chi connectivity index (χ3v) is 4.56. The summed E-state index contributed by atoms with van der Waals surface area (Å²) in [7, 11) is 0. The van der Waals surface area contributed by atoms with Crippen LogP contribution in [0.25, 0.3) is 6.08 Å². The van der Waals surface area contributed by atoms with Crippen LogP contribution >= 0.6 is 35.3 Å². The van der Waals surface area contributed by atoms with Crippen LogP contribution in [0.15, 0.2) is 21.7 Å². The average molecular weight is 312 g/mol. The molecule has 19 heavy (non-hydrogen) atoms. The van der Waals surface area contributed by atoms with Crippen LogP contribution in [0.2, 0.25) is 0 Å². The van der Waals surface area contributed by atoms with Crippen molar-refractivity contribution in [3.8, 4) is 0 Å². The lowest BCUT2D eigenvalue weighted by Gasteiger charge is -2.14. The monoisotopic (exact) mass is 312 g/mol. The van der Waals surface area contributed by atoms with E-state index in [1.54, 1.807) is 17.4 Å². The Bertz CT molecular complexity index is 536. The lowest BCUT2D eigenvalue weighted by Crippen LogP contribution is -2.30. The molecule has 0 unspecified atom stereocenters. The summed E-state index contributed by atoms with van der Waals surface area (Å²) < 4.78 is 0.477. The number of carboxylic acids is 1. The Kier molecular flexibility index (Phi) is 4.73. The summed E-state index contributed by atoms with van der Waals surface area (Å²) in [5.74, 6) is -1.26. The maximum Gasteiger partial charge on any atom is 0.266 e. The molecule has 100 valence electrons. The largest absolute Gasteiger partial charge is 0.550 e. The number of hydrogen-bond acceptors (Lipinski definition) is 6. The highest BCUT2D eigenvalue weighted by molar-refractivity contribution is 8.26. The van der Waals surface area contributed by atoms with E-state index in [0.29, 0.717) is 22.2 Å². The van der Waals surface area contributed by atoms with Gasteiger partial charge in [-0.3, -0.25) is 9.69 Å². The van der Waals surface area contributed by atoms with Crippen molar-refractivity contribution < 1.29 is 14.7 Å². The van der Waals surface area contributed by atoms with Gasteiger partial charge < -0.3 is 9.90 Å². The number of amides is 1. The zero-order valence-corrected chi connectivity index (χ0v) is 12.3. The van der Waals surface area contributed by atoms with Gasteiger partial charge >= 0.3 is 0 Å². The summed E-state index contributed by atoms with van der Waals surface area (Å²) in [5.41, 5.74) is 0.972. The molecule has 1 fully saturated rings. The predicted octanol–water partition coefficient (Wildman–Crippen LogP) is 1.48. The van der Waals surface area contributed by atoms with E-state index in [-0.39, 0.29) is 12.3 Å². The third-order valence-electron chi connectivity index (χ3n) is 2.48. The topological polar surface area (TPSA) is 60.4 Å². The molecule has 0 spiro atoms. The fourth-order valence-electron chi connectivity index (χ4n) is 1.58. The highest BCUT2D eigenvalue weighted by atomic mass is 32.2. The first-order valence-corrected chi connectivity index (χ1v) is 7.72. The van der Waals surface area contributed by atoms with Crippen molar-refractivity contribution in [3.05, 3.63) is 27.3 Å². The molecule has 7 heteroatoms. The normalized spacial score (nSPS) is 17.5. The summed E-state index contributed by atoms with van der Waals surface area (Å²) in [6, 6.07) is 1.92. The number of carbonyl (C=O) groups is 2. The Morgan fingerprint density at radius 3 is 2.95 bits per heavy atom. The highest BCUT2D eigenvalue weighted by Crippen LogP contribution is 2.32. The predicted molar refractivity (Wildman–Crippen MR) is 78.4 cm³/mol. The summed E-state index contributed by atoms with van der Waals surface area (Å²) in [6.07, 6.45) is 2.08. The molecule has 1 aromatic rings. The molecular weight excluding hydrogens is 302 g/mol. The molecule has 1 amide bonds. The fourth-order valence-corrected chi connectivity index (χ4v) is 3.51. The van der Waals surface area contributed by atoms with E-state index in [4.69, 9.17) is 12.2 Å². The summed E-state index contributed by atoms with van der Waals surface area (Å²) in [4.78, 5) is 24.5. The minimum absolute atomic E-state index is 0.0688. The van der Waals surface area contributed by atoms with E-state index in [1.807, 2.05) is 16.8 Å². The number of carboxylic acid groups (broad SMARTS) is 1. The number of carbonyl (C=O) groups excluding carboxylic acids is 2. The molecule has 0 N–H and O–H groups in total. The van der Waals surface area contributed by atoms with Gasteiger partial charge in [-0.1, -0.05) is 24.0 Å². The molecule has 4 nitrogen and oxygen atoms in total. The van der Waals surface area contributed by atoms with Gasteiger partial charge in [0.25, 0.3) is 5.91 Å². The second kappa shape index (κ2) is 6.31. The van der Waals surface area contributed by atoms with Crippen LogP contribution in [0, 0.1) is 0 Å². The van der Waals surface area contributed by atoms with Gasteiger partial charge in [0, 0.05) is 12.5 Å². The molecule has 1 aliphatic heterocycles. The second-order valence-corrected chi connectivity index (χ2v) is 6.32. The van der Waals surface area contributed by atoms with Crippen LogP contribution in [0.1, 0.15) is 18.4 Å². The van der Waals surface area contributed by atoms with E-state index < -0.39 is 5.97 Å². The molecule has 0 atom stereocenters. The number of nitrogens with zero attached hydrogens (tertiary/aromatic N) is 1. The zero-order valence-electron chi connectivity index (χ0n) is 9.83. The molecule has 1 aromatic heterocycles. The Hall–Kier alpha value is -1.18. The molecule has 1 aliphatic rings. The zero-order chi connectivity index (χ0) is 13.8. The molecule has 2 rings (SSSR count). The minimum atomic E-state index is -1.11. The maximum atomic E-state index is 12.1. The van der Waals surface area contributed by atoms with Gasteiger partial charge in [-0.15, -0.1) is 0 Å². The van der Waals surface area contributed by atoms with Crippen LogP contribution in [0.5, 0.6) is 0 Å². The van der Waals surface area contributed by atoms with Crippen molar-refractivity contribution in [3.63, 3.8) is 0 Å². The highest BCUT2D eigenvalue weighted by Gasteiger charge is 2.31. The minimum Gasteiger partial charge on any atom is -0.550 e. The molecule has 0 bridgehead atoms. The number of thioether (sulfide) groups is 1. The van der Waals surface area contributed by atoms with E-state index in [9.17, 15) is 14.7 Å². The second-order valence-electron chi connectivity index (χ2n) is 3.87. The molecule has 0 aliphatic carbocycles. The van der Waals surface area contributed by atoms with Crippen LogP contribution < -0.4 is 5.11 Å². The van der Waals surface area contributed by atoms with Gasteiger partial charge in [0.05, 0.1) is 4.91 Å². The summed E-state index contributed by atoms with van der Waals surface area (Å²) in [5, 5.41) is 14.2. The Labute approximate surface area is 124 Å². The number of rotatable bonds is 5. The standard InChI is InChI=1S/C12H11NO3S3/c14-10(15)2-1-4-13-11(16)9(19-12(13)17)6-8-3-5-18-7-8/h3,5-7H,1-2,4H2,(H,14,15)/p-1/b9-6+. The Morgan fingerprint density at radius 1 is 1.53 bits per heavy atom. The number of thiocarbonyl (C=S) groups is 1. The number of aliphatic carboxylic acids is 1. The molecular formula is C12H10NO3S3-. The maximum absolute atomic E-state index is 12.1. The fraction of sp³-hybridized carbons (Fsp3) is 0.250. The van der Waals surface area contributed by atoms with Crippen molar-refractivity contribution in [2.75, 3.05) is 6.54 Å². The van der Waals surface area contributed by atoms with Gasteiger partial charge in [0.2, 0.25) is 0 Å². The van der Waals surface area contributed by atoms with Gasteiger partial charge in [-0.05, 0) is 41.3 Å². The molecule has 0 radical (unpaired) electrons. The summed E-state index contributed by atoms with van der Waals surface area (Å²) >= 11 is 7.94. The van der Waals surface area contributed by atoms with Crippen LogP contribution in [0.3, 0.4) is 0 Å². The molecule has 0 saturated carbocycles. The molecule has 1 saturated heterocycles. The van der Waals surface area contributed by atoms with E-state index in [1.165, 1.54) is 16.7 Å². The molecule has 2 heterocycles. The first-order valence-electron chi connectivity index (χ1n) is 5.55. The lowest BCUT2D eigenvalue weighted by atomic mass is 10.2. The van der Waals surface area contributed by atoms with E-state index in [0.717, 1.165) is 5.56 Å². The smallest absolute Gasteiger partial charge is 0.266 e. The van der Waals surface area contributed by atoms with E-state index >= 15 is 0 Å². The van der Waals surface area contributed by atoms with Crippen molar-refractivity contribution in [2.24, 2.45) is 0 Å². The first kappa shape index (κ1) is 14.2. The van der Waals surface area contributed by atoms with Crippen LogP contribution in [-0.2, 0) is 9.59 Å². The van der Waals surface area contributed by atoms with Crippen molar-refractivity contribution >= 4 is 57.6 Å². The van der Waals surface area contributed by atoms with Gasteiger partial charge in [-0.2, -0.15) is 11.3 Å². The number of thiophene rings is 1. The summed E-state index contributed by atoms with van der Waals surface area (Å²) in [6.45, 7) is 0.319. The lowest BCUT2D eigenvalue weighted by molar-refractivity contribution is -0.305. The average Bonchev–Trinajstić information content (AvgIpc) is 2.93. The van der Waals surface area contributed by atoms with E-state index in [2.05, 4.69) is 0 Å². The van der Waals surface area contributed by atoms with Crippen molar-refractivity contribution in [1.82, 2.24) is 4.90 Å².